The number of amides is 3. The summed E-state index contributed by atoms with van der Waals surface area (Å²) in [6.45, 7) is 8.34. The summed E-state index contributed by atoms with van der Waals surface area (Å²) in [5, 5.41) is 2.49. The molecule has 0 unspecified atom stereocenters. The van der Waals surface area contributed by atoms with Crippen LogP contribution in [-0.4, -0.2) is 48.3 Å². The average molecular weight is 561 g/mol. The minimum absolute atomic E-state index is 0.150. The number of carbonyl (C=O) groups excluding carboxylic acids is 3. The molecule has 4 rings (SSSR count). The van der Waals surface area contributed by atoms with Crippen LogP contribution in [0.5, 0.6) is 17.2 Å². The number of benzene rings is 3. The number of thioether (sulfide) groups is 1. The number of hydrogen-bond donors (Lipinski definition) is 1. The topological polar surface area (TPSA) is 94.2 Å². The van der Waals surface area contributed by atoms with Crippen molar-refractivity contribution in [3.8, 4) is 17.2 Å². The second-order valence-corrected chi connectivity index (χ2v) is 10.3. The van der Waals surface area contributed by atoms with Gasteiger partial charge in [0.25, 0.3) is 17.1 Å². The van der Waals surface area contributed by atoms with Gasteiger partial charge in [0, 0.05) is 5.69 Å². The van der Waals surface area contributed by atoms with Crippen LogP contribution in [-0.2, 0) is 9.59 Å². The Kier molecular flexibility index (Phi) is 9.50. The van der Waals surface area contributed by atoms with Gasteiger partial charge in [0.2, 0.25) is 0 Å². The Morgan fingerprint density at radius 1 is 0.925 bits per heavy atom. The molecule has 3 aromatic rings. The minimum Gasteiger partial charge on any atom is -0.492 e. The first kappa shape index (κ1) is 28.8. The first-order valence-electron chi connectivity index (χ1n) is 12.9. The standard InChI is InChI=1S/C31H32N2O6S/c1-5-37-27-17-23(10-12-26(27)39-19-29(34)32-24-11-9-21(3)22(4)16-24)18-28-30(35)33(31(36)40-28)13-14-38-25-8-6-7-20(2)15-25/h6-12,15-18H,5,13-14,19H2,1-4H3,(H,32,34)/b28-18-. The zero-order valence-electron chi connectivity index (χ0n) is 23.0. The maximum Gasteiger partial charge on any atom is 0.293 e. The van der Waals surface area contributed by atoms with Crippen LogP contribution < -0.4 is 19.5 Å². The Hall–Kier alpha value is -4.24. The van der Waals surface area contributed by atoms with Gasteiger partial charge in [-0.2, -0.15) is 0 Å². The number of ether oxygens (including phenoxy) is 3. The summed E-state index contributed by atoms with van der Waals surface area (Å²) in [7, 11) is 0. The molecule has 3 aromatic carbocycles. The van der Waals surface area contributed by atoms with Crippen molar-refractivity contribution in [1.29, 1.82) is 0 Å². The lowest BCUT2D eigenvalue weighted by atomic mass is 10.1. The van der Waals surface area contributed by atoms with Crippen LogP contribution in [0.3, 0.4) is 0 Å². The zero-order valence-corrected chi connectivity index (χ0v) is 23.8. The molecule has 0 radical (unpaired) electrons. The second kappa shape index (κ2) is 13.2. The van der Waals surface area contributed by atoms with Crippen molar-refractivity contribution in [3.05, 3.63) is 87.8 Å². The molecule has 0 saturated carbocycles. The Labute approximate surface area is 238 Å². The Morgan fingerprint density at radius 2 is 1.75 bits per heavy atom. The number of rotatable bonds is 11. The molecule has 1 N–H and O–H groups in total. The van der Waals surface area contributed by atoms with Crippen LogP contribution in [0.15, 0.2) is 65.6 Å². The Morgan fingerprint density at radius 3 is 2.50 bits per heavy atom. The van der Waals surface area contributed by atoms with Crippen molar-refractivity contribution in [2.75, 3.05) is 31.7 Å². The van der Waals surface area contributed by atoms with Crippen LogP contribution in [0.25, 0.3) is 6.08 Å². The van der Waals surface area contributed by atoms with E-state index in [0.717, 1.165) is 28.5 Å². The maximum absolute atomic E-state index is 12.9. The molecular formula is C31H32N2O6S. The third kappa shape index (κ3) is 7.45. The number of aryl methyl sites for hydroxylation is 3. The van der Waals surface area contributed by atoms with Gasteiger partial charge in [-0.3, -0.25) is 19.3 Å². The van der Waals surface area contributed by atoms with Crippen molar-refractivity contribution in [3.63, 3.8) is 0 Å². The van der Waals surface area contributed by atoms with Gasteiger partial charge in [0.15, 0.2) is 18.1 Å². The number of imide groups is 1. The molecule has 0 aromatic heterocycles. The van der Waals surface area contributed by atoms with Crippen LogP contribution in [0.1, 0.15) is 29.2 Å². The van der Waals surface area contributed by atoms with Crippen molar-refractivity contribution in [2.24, 2.45) is 0 Å². The van der Waals surface area contributed by atoms with Crippen LogP contribution in [0.2, 0.25) is 0 Å². The predicted octanol–water partition coefficient (Wildman–Crippen LogP) is 6.14. The van der Waals surface area contributed by atoms with Gasteiger partial charge in [-0.15, -0.1) is 0 Å². The fourth-order valence-corrected chi connectivity index (χ4v) is 4.83. The van der Waals surface area contributed by atoms with E-state index in [4.69, 9.17) is 14.2 Å². The van der Waals surface area contributed by atoms with E-state index in [1.165, 1.54) is 4.90 Å². The van der Waals surface area contributed by atoms with E-state index < -0.39 is 0 Å². The zero-order chi connectivity index (χ0) is 28.6. The largest absolute Gasteiger partial charge is 0.492 e. The highest BCUT2D eigenvalue weighted by Crippen LogP contribution is 2.34. The van der Waals surface area contributed by atoms with Gasteiger partial charge in [-0.1, -0.05) is 24.3 Å². The average Bonchev–Trinajstić information content (AvgIpc) is 3.18. The van der Waals surface area contributed by atoms with Crippen molar-refractivity contribution >= 4 is 40.6 Å². The highest BCUT2D eigenvalue weighted by molar-refractivity contribution is 8.18. The number of nitrogens with zero attached hydrogens (tertiary/aromatic N) is 1. The Balaban J connectivity index is 1.37. The summed E-state index contributed by atoms with van der Waals surface area (Å²) in [6, 6.07) is 18.4. The normalized spacial score (nSPS) is 14.0. The maximum atomic E-state index is 12.9. The van der Waals surface area contributed by atoms with E-state index in [-0.39, 0.29) is 36.8 Å². The SMILES string of the molecule is CCOc1cc(/C=C2\SC(=O)N(CCOc3cccc(C)c3)C2=O)ccc1OCC(=O)Nc1ccc(C)c(C)c1. The molecular weight excluding hydrogens is 528 g/mol. The van der Waals surface area contributed by atoms with E-state index >= 15 is 0 Å². The molecule has 0 bridgehead atoms. The first-order chi connectivity index (χ1) is 19.2. The fourth-order valence-electron chi connectivity index (χ4n) is 3.97. The van der Waals surface area contributed by atoms with E-state index in [1.807, 2.05) is 70.2 Å². The lowest BCUT2D eigenvalue weighted by molar-refractivity contribution is -0.123. The number of nitrogens with one attached hydrogen (secondary N) is 1. The molecule has 1 aliphatic rings. The molecule has 1 saturated heterocycles. The molecule has 0 aliphatic carbocycles. The van der Waals surface area contributed by atoms with Crippen LogP contribution in [0.4, 0.5) is 10.5 Å². The molecule has 40 heavy (non-hydrogen) atoms. The molecule has 0 spiro atoms. The summed E-state index contributed by atoms with van der Waals surface area (Å²) in [5.74, 6) is 0.853. The lowest BCUT2D eigenvalue weighted by Crippen LogP contribution is -2.32. The number of hydrogen-bond acceptors (Lipinski definition) is 7. The summed E-state index contributed by atoms with van der Waals surface area (Å²) in [5.41, 5.74) is 4.66. The molecule has 8 nitrogen and oxygen atoms in total. The highest BCUT2D eigenvalue weighted by Gasteiger charge is 2.34. The second-order valence-electron chi connectivity index (χ2n) is 9.27. The molecule has 1 fully saturated rings. The summed E-state index contributed by atoms with van der Waals surface area (Å²) in [6.07, 6.45) is 1.64. The highest BCUT2D eigenvalue weighted by atomic mass is 32.2. The van der Waals surface area contributed by atoms with Gasteiger partial charge >= 0.3 is 0 Å². The summed E-state index contributed by atoms with van der Waals surface area (Å²) < 4.78 is 17.2. The van der Waals surface area contributed by atoms with Crippen LogP contribution in [0, 0.1) is 20.8 Å². The minimum atomic E-state index is -0.371. The molecule has 1 aliphatic heterocycles. The fraction of sp³-hybridized carbons (Fsp3) is 0.258. The molecule has 3 amide bonds. The summed E-state index contributed by atoms with van der Waals surface area (Å²) >= 11 is 0.884. The predicted molar refractivity (Wildman–Crippen MR) is 157 cm³/mol. The van der Waals surface area contributed by atoms with Gasteiger partial charge in [-0.25, -0.2) is 0 Å². The van der Waals surface area contributed by atoms with Gasteiger partial charge in [0.05, 0.1) is 18.1 Å². The van der Waals surface area contributed by atoms with E-state index in [9.17, 15) is 14.4 Å². The van der Waals surface area contributed by atoms with Crippen LogP contribution >= 0.6 is 11.8 Å². The summed E-state index contributed by atoms with van der Waals surface area (Å²) in [4.78, 5) is 39.4. The lowest BCUT2D eigenvalue weighted by Gasteiger charge is -2.14. The van der Waals surface area contributed by atoms with Gasteiger partial charge in [0.1, 0.15) is 12.4 Å². The molecule has 1 heterocycles. The number of anilines is 1. The van der Waals surface area contributed by atoms with E-state index in [2.05, 4.69) is 5.32 Å². The quantitative estimate of drug-likeness (QED) is 0.281. The van der Waals surface area contributed by atoms with Gasteiger partial charge < -0.3 is 19.5 Å². The first-order valence-corrected chi connectivity index (χ1v) is 13.8. The third-order valence-corrected chi connectivity index (χ3v) is 7.07. The van der Waals surface area contributed by atoms with Crippen molar-refractivity contribution in [2.45, 2.75) is 27.7 Å². The van der Waals surface area contributed by atoms with E-state index in [0.29, 0.717) is 40.0 Å². The molecule has 208 valence electrons. The molecule has 9 heteroatoms. The van der Waals surface area contributed by atoms with Gasteiger partial charge in [-0.05, 0) is 104 Å². The van der Waals surface area contributed by atoms with E-state index in [1.54, 1.807) is 24.3 Å². The Bertz CT molecular complexity index is 1450. The van der Waals surface area contributed by atoms with Crippen molar-refractivity contribution in [1.82, 2.24) is 4.90 Å². The third-order valence-electron chi connectivity index (χ3n) is 6.16. The number of carbonyl (C=O) groups is 3. The smallest absolute Gasteiger partial charge is 0.293 e. The van der Waals surface area contributed by atoms with Crippen molar-refractivity contribution < 1.29 is 28.6 Å². The molecule has 0 atom stereocenters. The monoisotopic (exact) mass is 560 g/mol.